The van der Waals surface area contributed by atoms with Crippen molar-refractivity contribution >= 4 is 7.60 Å². The van der Waals surface area contributed by atoms with Gasteiger partial charge >= 0.3 is 7.60 Å². The van der Waals surface area contributed by atoms with E-state index in [4.69, 9.17) is 15.5 Å². The van der Waals surface area contributed by atoms with Crippen molar-refractivity contribution in [3.05, 3.63) is 0 Å². The first-order chi connectivity index (χ1) is 7.18. The van der Waals surface area contributed by atoms with Gasteiger partial charge in [0, 0.05) is 0 Å². The highest BCUT2D eigenvalue weighted by atomic mass is 31.2. The average molecular weight is 224 g/mol. The van der Waals surface area contributed by atoms with Crippen LogP contribution in [0.1, 0.15) is 13.8 Å². The smallest absolute Gasteiger partial charge is 0.295 e. The molecular weight excluding hydrogens is 211 g/mol. The third-order valence-corrected chi connectivity index (χ3v) is 2.92. The molecule has 15 heavy (non-hydrogen) atoms. The summed E-state index contributed by atoms with van der Waals surface area (Å²) in [7, 11) is -3.22. The molecule has 0 radical (unpaired) electrons. The van der Waals surface area contributed by atoms with E-state index in [1.54, 1.807) is 13.8 Å². The van der Waals surface area contributed by atoms with E-state index in [-0.39, 0.29) is 19.4 Å². The van der Waals surface area contributed by atoms with Crippen molar-refractivity contribution in [1.29, 1.82) is 0 Å². The molecule has 0 unspecified atom stereocenters. The lowest BCUT2D eigenvalue weighted by molar-refractivity contribution is 0.245. The van der Waals surface area contributed by atoms with Crippen LogP contribution in [0.5, 0.6) is 0 Å². The fourth-order valence-corrected chi connectivity index (χ4v) is 1.65. The summed E-state index contributed by atoms with van der Waals surface area (Å²) in [4.78, 5) is 0. The van der Waals surface area contributed by atoms with Gasteiger partial charge in [0.05, 0.1) is 0 Å². The second-order valence-electron chi connectivity index (χ2n) is 2.37. The molecular formula is C11H13O3P. The summed E-state index contributed by atoms with van der Waals surface area (Å²) < 4.78 is 21.9. The summed E-state index contributed by atoms with van der Waals surface area (Å²) in [5.74, 6) is 12.7. The molecule has 0 N–H and O–H groups in total. The molecule has 0 saturated carbocycles. The molecule has 0 aliphatic rings. The summed E-state index contributed by atoms with van der Waals surface area (Å²) in [5.41, 5.74) is 0. The maximum absolute atomic E-state index is 11.8. The Balaban J connectivity index is 4.27. The van der Waals surface area contributed by atoms with Gasteiger partial charge in [0.15, 0.2) is 0 Å². The van der Waals surface area contributed by atoms with E-state index in [9.17, 15) is 4.57 Å². The quantitative estimate of drug-likeness (QED) is 0.528. The monoisotopic (exact) mass is 224 g/mol. The lowest BCUT2D eigenvalue weighted by Gasteiger charge is -2.12. The highest BCUT2D eigenvalue weighted by molar-refractivity contribution is 7.54. The Bertz CT molecular complexity index is 356. The minimum atomic E-state index is -3.22. The molecule has 0 amide bonds. The lowest BCUT2D eigenvalue weighted by atomic mass is 10.6. The summed E-state index contributed by atoms with van der Waals surface area (Å²) >= 11 is 0. The standard InChI is InChI=1S/C11H13O3P/c1-4-7-9-13-15(12,11-6-3)14-10-8-5-2/h3H,9-11H2,1-2H3. The van der Waals surface area contributed by atoms with Crippen LogP contribution in [0.3, 0.4) is 0 Å². The van der Waals surface area contributed by atoms with Crippen LogP contribution in [0.15, 0.2) is 0 Å². The second-order valence-corrected chi connectivity index (χ2v) is 4.43. The number of hydrogen-bond donors (Lipinski definition) is 0. The summed E-state index contributed by atoms with van der Waals surface area (Å²) in [6.45, 7) is 3.43. The molecule has 0 rings (SSSR count). The molecule has 0 aromatic rings. The van der Waals surface area contributed by atoms with Gasteiger partial charge in [-0.2, -0.15) is 0 Å². The van der Waals surface area contributed by atoms with Gasteiger partial charge in [0.2, 0.25) is 0 Å². The molecule has 0 aromatic heterocycles. The van der Waals surface area contributed by atoms with Crippen LogP contribution in [-0.4, -0.2) is 19.4 Å². The van der Waals surface area contributed by atoms with E-state index in [1.165, 1.54) is 0 Å². The molecule has 0 aliphatic heterocycles. The Morgan fingerprint density at radius 1 is 1.13 bits per heavy atom. The third kappa shape index (κ3) is 6.84. The fourth-order valence-electron chi connectivity index (χ4n) is 0.646. The van der Waals surface area contributed by atoms with Crippen LogP contribution in [0.25, 0.3) is 0 Å². The number of terminal acetylenes is 1. The minimum Gasteiger partial charge on any atom is -0.295 e. The Hall–Kier alpha value is -1.17. The van der Waals surface area contributed by atoms with Crippen molar-refractivity contribution in [2.24, 2.45) is 0 Å². The van der Waals surface area contributed by atoms with Crippen molar-refractivity contribution < 1.29 is 13.6 Å². The molecule has 0 atom stereocenters. The first-order valence-corrected chi connectivity index (χ1v) is 6.02. The van der Waals surface area contributed by atoms with Crippen LogP contribution in [0, 0.1) is 36.0 Å². The van der Waals surface area contributed by atoms with E-state index < -0.39 is 7.60 Å². The summed E-state index contributed by atoms with van der Waals surface area (Å²) in [6.07, 6.45) is 5.00. The Morgan fingerprint density at radius 3 is 1.93 bits per heavy atom. The van der Waals surface area contributed by atoms with E-state index in [0.29, 0.717) is 0 Å². The largest absolute Gasteiger partial charge is 0.344 e. The highest BCUT2D eigenvalue weighted by Crippen LogP contribution is 2.47. The average Bonchev–Trinajstić information content (AvgIpc) is 2.19. The van der Waals surface area contributed by atoms with Gasteiger partial charge in [-0.05, 0) is 13.8 Å². The van der Waals surface area contributed by atoms with Gasteiger partial charge in [-0.3, -0.25) is 13.6 Å². The maximum atomic E-state index is 11.8. The summed E-state index contributed by atoms with van der Waals surface area (Å²) in [5, 5.41) is 0. The van der Waals surface area contributed by atoms with Gasteiger partial charge in [-0.25, -0.2) is 0 Å². The van der Waals surface area contributed by atoms with Crippen molar-refractivity contribution in [3.8, 4) is 36.0 Å². The van der Waals surface area contributed by atoms with Crippen molar-refractivity contribution in [2.75, 3.05) is 19.4 Å². The third-order valence-electron chi connectivity index (χ3n) is 1.31. The number of hydrogen-bond acceptors (Lipinski definition) is 3. The van der Waals surface area contributed by atoms with E-state index in [1.807, 2.05) is 0 Å². The zero-order valence-electron chi connectivity index (χ0n) is 8.87. The Morgan fingerprint density at radius 2 is 1.60 bits per heavy atom. The van der Waals surface area contributed by atoms with Crippen molar-refractivity contribution in [3.63, 3.8) is 0 Å². The zero-order valence-corrected chi connectivity index (χ0v) is 9.77. The predicted molar refractivity (Wildman–Crippen MR) is 60.1 cm³/mol. The van der Waals surface area contributed by atoms with Crippen LogP contribution >= 0.6 is 7.60 Å². The van der Waals surface area contributed by atoms with Crippen LogP contribution in [-0.2, 0) is 13.6 Å². The van der Waals surface area contributed by atoms with Gasteiger partial charge in [0.1, 0.15) is 19.4 Å². The normalized spacial score (nSPS) is 9.13. The minimum absolute atomic E-state index is 0.0506. The fraction of sp³-hybridized carbons (Fsp3) is 0.455. The van der Waals surface area contributed by atoms with Crippen molar-refractivity contribution in [2.45, 2.75) is 13.8 Å². The van der Waals surface area contributed by atoms with E-state index >= 15 is 0 Å². The molecule has 0 fully saturated rings. The first kappa shape index (κ1) is 13.8. The van der Waals surface area contributed by atoms with Crippen LogP contribution < -0.4 is 0 Å². The second kappa shape index (κ2) is 8.16. The molecule has 0 heterocycles. The molecule has 0 bridgehead atoms. The maximum Gasteiger partial charge on any atom is 0.344 e. The Labute approximate surface area is 91.1 Å². The van der Waals surface area contributed by atoms with E-state index in [0.717, 1.165) is 0 Å². The Kier molecular flexibility index (Phi) is 7.53. The van der Waals surface area contributed by atoms with Crippen LogP contribution in [0.2, 0.25) is 0 Å². The molecule has 0 saturated heterocycles. The molecule has 80 valence electrons. The van der Waals surface area contributed by atoms with Gasteiger partial charge in [0.25, 0.3) is 0 Å². The molecule has 0 aliphatic carbocycles. The topological polar surface area (TPSA) is 35.5 Å². The zero-order chi connectivity index (χ0) is 11.6. The van der Waals surface area contributed by atoms with E-state index in [2.05, 4.69) is 29.6 Å². The van der Waals surface area contributed by atoms with Gasteiger partial charge < -0.3 is 0 Å². The summed E-state index contributed by atoms with van der Waals surface area (Å²) in [6, 6.07) is 0. The van der Waals surface area contributed by atoms with Gasteiger partial charge in [-0.15, -0.1) is 18.3 Å². The lowest BCUT2D eigenvalue weighted by Crippen LogP contribution is -2.00. The number of rotatable bonds is 5. The first-order valence-electron chi connectivity index (χ1n) is 4.29. The molecule has 3 nitrogen and oxygen atoms in total. The molecule has 0 spiro atoms. The van der Waals surface area contributed by atoms with Gasteiger partial charge in [-0.1, -0.05) is 17.8 Å². The highest BCUT2D eigenvalue weighted by Gasteiger charge is 2.22. The van der Waals surface area contributed by atoms with Crippen LogP contribution in [0.4, 0.5) is 0 Å². The molecule has 0 aromatic carbocycles. The molecule has 4 heteroatoms. The SMILES string of the molecule is C#CCP(=O)(OCC#CC)OCC#CC. The predicted octanol–water partition coefficient (Wildman–Crippen LogP) is 1.89. The van der Waals surface area contributed by atoms with Crippen molar-refractivity contribution in [1.82, 2.24) is 0 Å².